The third kappa shape index (κ3) is 5.79. The van der Waals surface area contributed by atoms with E-state index in [0.29, 0.717) is 17.3 Å². The highest BCUT2D eigenvalue weighted by atomic mass is 35.5. The Balaban J connectivity index is 2.04. The van der Waals surface area contributed by atoms with Crippen molar-refractivity contribution in [3.63, 3.8) is 0 Å². The van der Waals surface area contributed by atoms with Crippen molar-refractivity contribution < 1.29 is 19.1 Å². The number of nitrogens with one attached hydrogen (secondary N) is 1. The molecule has 8 heteroatoms. The Labute approximate surface area is 162 Å². The van der Waals surface area contributed by atoms with E-state index in [1.165, 1.54) is 37.1 Å². The fourth-order valence-corrected chi connectivity index (χ4v) is 2.64. The fourth-order valence-electron chi connectivity index (χ4n) is 2.42. The lowest BCUT2D eigenvalue weighted by atomic mass is 10.1. The van der Waals surface area contributed by atoms with Crippen LogP contribution in [0.2, 0.25) is 5.02 Å². The number of carbonyl (C=O) groups is 3. The van der Waals surface area contributed by atoms with Crippen LogP contribution in [0.15, 0.2) is 42.7 Å². The van der Waals surface area contributed by atoms with E-state index in [1.54, 1.807) is 18.5 Å². The molecule has 1 N–H and O–H groups in total. The topological polar surface area (TPSA) is 88.6 Å². The molecule has 0 spiro atoms. The molecule has 1 heterocycles. The molecule has 27 heavy (non-hydrogen) atoms. The van der Waals surface area contributed by atoms with Gasteiger partial charge in [-0.1, -0.05) is 17.7 Å². The van der Waals surface area contributed by atoms with E-state index in [9.17, 15) is 14.4 Å². The third-order valence-corrected chi connectivity index (χ3v) is 4.13. The number of esters is 1. The van der Waals surface area contributed by atoms with Crippen LogP contribution >= 0.6 is 11.6 Å². The third-order valence-electron chi connectivity index (χ3n) is 3.81. The Hall–Kier alpha value is -2.93. The molecule has 2 amide bonds. The molecule has 2 aromatic rings. The van der Waals surface area contributed by atoms with Crippen LogP contribution < -0.4 is 10.2 Å². The Morgan fingerprint density at radius 1 is 1.26 bits per heavy atom. The highest BCUT2D eigenvalue weighted by Crippen LogP contribution is 2.28. The minimum absolute atomic E-state index is 0.0820. The Morgan fingerprint density at radius 3 is 2.67 bits per heavy atom. The van der Waals surface area contributed by atoms with Gasteiger partial charge in [0, 0.05) is 38.8 Å². The second-order valence-corrected chi connectivity index (χ2v) is 6.12. The molecular weight excluding hydrogens is 370 g/mol. The number of halogens is 1. The highest BCUT2D eigenvalue weighted by molar-refractivity contribution is 6.34. The standard InChI is InChI=1S/C19H20ClN3O4/c1-13(24)23(17-10-15(19(26)27-2)5-6-16(17)20)9-7-18(25)22-12-14-4-3-8-21-11-14/h3-6,8,10-11H,7,9,12H2,1-2H3,(H,22,25). The van der Waals surface area contributed by atoms with Crippen molar-refractivity contribution in [3.05, 3.63) is 58.9 Å². The molecule has 7 nitrogen and oxygen atoms in total. The fraction of sp³-hybridized carbons (Fsp3) is 0.263. The summed E-state index contributed by atoms with van der Waals surface area (Å²) in [6.07, 6.45) is 3.40. The van der Waals surface area contributed by atoms with Gasteiger partial charge in [-0.2, -0.15) is 0 Å². The number of nitrogens with zero attached hydrogens (tertiary/aromatic N) is 2. The molecule has 2 rings (SSSR count). The van der Waals surface area contributed by atoms with Gasteiger partial charge < -0.3 is 15.0 Å². The van der Waals surface area contributed by atoms with E-state index in [4.69, 9.17) is 11.6 Å². The molecule has 0 aliphatic rings. The van der Waals surface area contributed by atoms with Crippen molar-refractivity contribution in [3.8, 4) is 0 Å². The maximum Gasteiger partial charge on any atom is 0.337 e. The van der Waals surface area contributed by atoms with Crippen molar-refractivity contribution in [2.45, 2.75) is 19.9 Å². The summed E-state index contributed by atoms with van der Waals surface area (Å²) in [5.41, 5.74) is 1.50. The van der Waals surface area contributed by atoms with Gasteiger partial charge in [-0.05, 0) is 29.8 Å². The summed E-state index contributed by atoms with van der Waals surface area (Å²) in [5.74, 6) is -1.05. The number of hydrogen-bond acceptors (Lipinski definition) is 5. The monoisotopic (exact) mass is 389 g/mol. The van der Waals surface area contributed by atoms with E-state index < -0.39 is 5.97 Å². The lowest BCUT2D eigenvalue weighted by molar-refractivity contribution is -0.121. The van der Waals surface area contributed by atoms with E-state index >= 15 is 0 Å². The second kappa shape index (κ2) is 9.68. The quantitative estimate of drug-likeness (QED) is 0.735. The van der Waals surface area contributed by atoms with Crippen LogP contribution in [0.1, 0.15) is 29.3 Å². The molecule has 0 saturated heterocycles. The van der Waals surface area contributed by atoms with Crippen LogP contribution in [0.3, 0.4) is 0 Å². The normalized spacial score (nSPS) is 10.2. The number of amides is 2. The van der Waals surface area contributed by atoms with Crippen LogP contribution in [0, 0.1) is 0 Å². The summed E-state index contributed by atoms with van der Waals surface area (Å²) >= 11 is 6.19. The zero-order chi connectivity index (χ0) is 19.8. The van der Waals surface area contributed by atoms with Crippen LogP contribution in [-0.4, -0.2) is 36.4 Å². The molecule has 1 aromatic carbocycles. The first-order valence-electron chi connectivity index (χ1n) is 8.24. The van der Waals surface area contributed by atoms with Gasteiger partial charge in [0.2, 0.25) is 11.8 Å². The predicted molar refractivity (Wildman–Crippen MR) is 102 cm³/mol. The SMILES string of the molecule is COC(=O)c1ccc(Cl)c(N(CCC(=O)NCc2cccnc2)C(C)=O)c1. The van der Waals surface area contributed by atoms with Crippen molar-refractivity contribution in [2.75, 3.05) is 18.6 Å². The van der Waals surface area contributed by atoms with Gasteiger partial charge >= 0.3 is 5.97 Å². The molecule has 1 aromatic heterocycles. The number of benzene rings is 1. The zero-order valence-electron chi connectivity index (χ0n) is 15.1. The average molecular weight is 390 g/mol. The number of aromatic nitrogens is 1. The number of pyridine rings is 1. The first-order valence-corrected chi connectivity index (χ1v) is 8.61. The minimum Gasteiger partial charge on any atom is -0.465 e. The van der Waals surface area contributed by atoms with E-state index in [2.05, 4.69) is 15.0 Å². The number of carbonyl (C=O) groups excluding carboxylic acids is 3. The summed E-state index contributed by atoms with van der Waals surface area (Å²) in [6.45, 7) is 1.85. The smallest absolute Gasteiger partial charge is 0.337 e. The van der Waals surface area contributed by atoms with Gasteiger partial charge in [-0.3, -0.25) is 14.6 Å². The number of methoxy groups -OCH3 is 1. The lowest BCUT2D eigenvalue weighted by Gasteiger charge is -2.22. The molecule has 0 unspecified atom stereocenters. The zero-order valence-corrected chi connectivity index (χ0v) is 15.8. The molecule has 0 aliphatic heterocycles. The van der Waals surface area contributed by atoms with Crippen molar-refractivity contribution >= 4 is 35.1 Å². The summed E-state index contributed by atoms with van der Waals surface area (Å²) in [6, 6.07) is 8.14. The Bertz CT molecular complexity index is 827. The lowest BCUT2D eigenvalue weighted by Crippen LogP contribution is -2.34. The molecule has 0 saturated carbocycles. The van der Waals surface area contributed by atoms with Gasteiger partial charge in [0.15, 0.2) is 0 Å². The first-order chi connectivity index (χ1) is 12.9. The van der Waals surface area contributed by atoms with Crippen molar-refractivity contribution in [2.24, 2.45) is 0 Å². The van der Waals surface area contributed by atoms with Crippen molar-refractivity contribution in [1.29, 1.82) is 0 Å². The largest absolute Gasteiger partial charge is 0.465 e. The molecule has 0 atom stereocenters. The maximum atomic E-state index is 12.1. The maximum absolute atomic E-state index is 12.1. The average Bonchev–Trinajstić information content (AvgIpc) is 2.67. The molecule has 0 fully saturated rings. The molecule has 0 bridgehead atoms. The van der Waals surface area contributed by atoms with Crippen molar-refractivity contribution in [1.82, 2.24) is 10.3 Å². The number of hydrogen-bond donors (Lipinski definition) is 1. The van der Waals surface area contributed by atoms with E-state index in [-0.39, 0.29) is 30.3 Å². The molecule has 0 aliphatic carbocycles. The number of anilines is 1. The molecule has 142 valence electrons. The second-order valence-electron chi connectivity index (χ2n) is 5.72. The van der Waals surface area contributed by atoms with E-state index in [0.717, 1.165) is 5.56 Å². The summed E-state index contributed by atoms with van der Waals surface area (Å²) in [7, 11) is 1.27. The van der Waals surface area contributed by atoms with Gasteiger partial charge in [0.25, 0.3) is 0 Å². The van der Waals surface area contributed by atoms with Crippen LogP contribution in [-0.2, 0) is 20.9 Å². The van der Waals surface area contributed by atoms with Gasteiger partial charge in [-0.15, -0.1) is 0 Å². The van der Waals surface area contributed by atoms with Crippen LogP contribution in [0.4, 0.5) is 5.69 Å². The molecular formula is C19H20ClN3O4. The summed E-state index contributed by atoms with van der Waals surface area (Å²) in [4.78, 5) is 41.2. The minimum atomic E-state index is -0.536. The van der Waals surface area contributed by atoms with Crippen LogP contribution in [0.5, 0.6) is 0 Å². The van der Waals surface area contributed by atoms with Crippen LogP contribution in [0.25, 0.3) is 0 Å². The highest BCUT2D eigenvalue weighted by Gasteiger charge is 2.18. The van der Waals surface area contributed by atoms with Gasteiger partial charge in [0.1, 0.15) is 0 Å². The Morgan fingerprint density at radius 2 is 2.04 bits per heavy atom. The van der Waals surface area contributed by atoms with E-state index in [1.807, 2.05) is 6.07 Å². The first kappa shape index (κ1) is 20.4. The van der Waals surface area contributed by atoms with Gasteiger partial charge in [0.05, 0.1) is 23.4 Å². The number of ether oxygens (including phenoxy) is 1. The summed E-state index contributed by atoms with van der Waals surface area (Å²) < 4.78 is 4.69. The van der Waals surface area contributed by atoms with Gasteiger partial charge in [-0.25, -0.2) is 4.79 Å². The predicted octanol–water partition coefficient (Wildman–Crippen LogP) is 2.58. The summed E-state index contributed by atoms with van der Waals surface area (Å²) in [5, 5.41) is 3.07. The molecule has 0 radical (unpaired) electrons. The Kier molecular flexibility index (Phi) is 7.31. The number of rotatable bonds is 7.